The summed E-state index contributed by atoms with van der Waals surface area (Å²) in [7, 11) is 2.37. The molecule has 3 aromatic carbocycles. The molecule has 91 heavy (non-hydrogen) atoms. The standard InChI is InChI=1S/C36H46N2O10.C28H42N2O8.C4H8O/c1-35(2,3)47-31(40)29-22-21-27(37(29)32(41)45-23-25-15-10-8-11-16-25)19-14-20-28(30(39)44-7)38(34(43)48-36(4,5)6)33(42)46-24-26-17-12-9-13-18-26;1-27(2,3)37-24(32)22-17-16-20(30(22)26(34)36-18-19-12-9-8-10-13-19)14-11-15-21(23(31)35-7)29-25(33)38-28(4,5)6;1-2-4-5-3-1/h8-13,15-18,20,27,29H,14,19,21-24H2,1-7H3;8-10,12-13,20-22H,11,14-18H2,1-7H3,(H,29,33);1-4H2/b28-20+;;/t27-,29+;20-,21?,22+;/m11./s1. The highest BCUT2D eigenvalue weighted by Gasteiger charge is 2.46. The average molecular weight is 1270 g/mol. The van der Waals surface area contributed by atoms with Gasteiger partial charge < -0.3 is 52.7 Å². The van der Waals surface area contributed by atoms with Gasteiger partial charge in [0.15, 0.2) is 0 Å². The summed E-state index contributed by atoms with van der Waals surface area (Å²) in [6, 6.07) is 23.9. The molecular weight excluding hydrogens is 1180 g/mol. The van der Waals surface area contributed by atoms with Crippen LogP contribution in [-0.4, -0.2) is 149 Å². The number of hydrogen-bond donors (Lipinski definition) is 1. The second-order valence-electron chi connectivity index (χ2n) is 25.9. The van der Waals surface area contributed by atoms with E-state index in [-0.39, 0.29) is 45.1 Å². The molecule has 23 nitrogen and oxygen atoms in total. The molecule has 3 heterocycles. The Morgan fingerprint density at radius 3 is 1.34 bits per heavy atom. The molecule has 3 aliphatic rings. The van der Waals surface area contributed by atoms with Gasteiger partial charge in [0.05, 0.1) is 14.2 Å². The van der Waals surface area contributed by atoms with Crippen LogP contribution < -0.4 is 5.32 Å². The molecule has 0 bridgehead atoms. The van der Waals surface area contributed by atoms with E-state index in [2.05, 4.69) is 5.32 Å². The minimum atomic E-state index is -1.14. The summed E-state index contributed by atoms with van der Waals surface area (Å²) in [5, 5.41) is 2.56. The molecule has 3 aliphatic heterocycles. The number of esters is 4. The number of methoxy groups -OCH3 is 2. The first kappa shape index (κ1) is 75.2. The quantitative estimate of drug-likeness (QED) is 0.0664. The molecule has 5 atom stereocenters. The van der Waals surface area contributed by atoms with Crippen LogP contribution in [0.15, 0.2) is 103 Å². The third-order valence-electron chi connectivity index (χ3n) is 13.7. The van der Waals surface area contributed by atoms with Crippen molar-refractivity contribution in [2.24, 2.45) is 0 Å². The molecule has 3 aromatic rings. The summed E-state index contributed by atoms with van der Waals surface area (Å²) < 4.78 is 53.2. The summed E-state index contributed by atoms with van der Waals surface area (Å²) in [5.41, 5.74) is -1.32. The van der Waals surface area contributed by atoms with Crippen LogP contribution in [0.25, 0.3) is 0 Å². The molecule has 1 N–H and O–H groups in total. The molecule has 5 amide bonds. The minimum Gasteiger partial charge on any atom is -0.467 e. The topological polar surface area (TPSA) is 268 Å². The van der Waals surface area contributed by atoms with Crippen molar-refractivity contribution < 1.29 is 90.5 Å². The first-order valence-corrected chi connectivity index (χ1v) is 30.9. The molecule has 6 rings (SSSR count). The zero-order valence-corrected chi connectivity index (χ0v) is 55.5. The van der Waals surface area contributed by atoms with Crippen molar-refractivity contribution in [2.45, 2.75) is 226 Å². The predicted octanol–water partition coefficient (Wildman–Crippen LogP) is 12.4. The normalized spacial score (nSPS) is 17.7. The van der Waals surface area contributed by atoms with Crippen LogP contribution in [0.2, 0.25) is 0 Å². The summed E-state index contributed by atoms with van der Waals surface area (Å²) in [5.74, 6) is -2.59. The van der Waals surface area contributed by atoms with Gasteiger partial charge in [-0.1, -0.05) is 97.1 Å². The number of ether oxygens (including phenoxy) is 10. The number of alkyl carbamates (subject to hydrolysis) is 1. The first-order valence-electron chi connectivity index (χ1n) is 30.9. The number of hydrogen-bond acceptors (Lipinski definition) is 19. The van der Waals surface area contributed by atoms with Gasteiger partial charge in [-0.25, -0.2) is 43.2 Å². The van der Waals surface area contributed by atoms with Crippen LogP contribution in [0.3, 0.4) is 0 Å². The largest absolute Gasteiger partial charge is 0.467 e. The van der Waals surface area contributed by atoms with Crippen molar-refractivity contribution in [3.8, 4) is 0 Å². The number of likely N-dealkylation sites (tertiary alicyclic amines) is 2. The maximum atomic E-state index is 13.4. The van der Waals surface area contributed by atoms with E-state index in [1.54, 1.807) is 113 Å². The molecule has 0 aromatic heterocycles. The Kier molecular flexibility index (Phi) is 29.8. The third kappa shape index (κ3) is 27.4. The molecule has 3 saturated heterocycles. The fourth-order valence-electron chi connectivity index (χ4n) is 9.73. The second-order valence-corrected chi connectivity index (χ2v) is 25.9. The van der Waals surface area contributed by atoms with E-state index >= 15 is 0 Å². The summed E-state index contributed by atoms with van der Waals surface area (Å²) in [4.78, 5) is 120. The highest BCUT2D eigenvalue weighted by Crippen LogP contribution is 2.33. The summed E-state index contributed by atoms with van der Waals surface area (Å²) >= 11 is 0. The van der Waals surface area contributed by atoms with E-state index in [0.29, 0.717) is 49.0 Å². The Morgan fingerprint density at radius 2 is 0.956 bits per heavy atom. The lowest BCUT2D eigenvalue weighted by Gasteiger charge is -2.31. The Bertz CT molecular complexity index is 2850. The molecule has 3 fully saturated rings. The number of nitrogens with zero attached hydrogens (tertiary/aromatic N) is 3. The Labute approximate surface area is 536 Å². The number of carbonyl (C=O) groups is 9. The number of carbonyl (C=O) groups excluding carboxylic acids is 9. The molecule has 23 heteroatoms. The number of amides is 5. The summed E-state index contributed by atoms with van der Waals surface area (Å²) in [6.45, 7) is 22.5. The van der Waals surface area contributed by atoms with Gasteiger partial charge in [0, 0.05) is 25.3 Å². The monoisotopic (exact) mass is 1270 g/mol. The predicted molar refractivity (Wildman–Crippen MR) is 335 cm³/mol. The zero-order valence-electron chi connectivity index (χ0n) is 55.5. The third-order valence-corrected chi connectivity index (χ3v) is 13.7. The number of benzene rings is 3. The Balaban J connectivity index is 0.000000368. The lowest BCUT2D eigenvalue weighted by molar-refractivity contribution is -0.161. The number of imide groups is 1. The van der Waals surface area contributed by atoms with E-state index in [4.69, 9.17) is 47.4 Å². The van der Waals surface area contributed by atoms with Crippen LogP contribution in [0.5, 0.6) is 0 Å². The average Bonchev–Trinajstić information content (AvgIpc) is 1.76. The van der Waals surface area contributed by atoms with Crippen molar-refractivity contribution in [1.29, 1.82) is 0 Å². The Hall–Kier alpha value is -8.21. The van der Waals surface area contributed by atoms with Crippen molar-refractivity contribution in [3.63, 3.8) is 0 Å². The lowest BCUT2D eigenvalue weighted by atomic mass is 10.0. The molecule has 502 valence electrons. The van der Waals surface area contributed by atoms with Crippen LogP contribution >= 0.6 is 0 Å². The van der Waals surface area contributed by atoms with E-state index in [1.165, 1.54) is 35.8 Å². The maximum Gasteiger partial charge on any atom is 0.424 e. The summed E-state index contributed by atoms with van der Waals surface area (Å²) in [6.07, 6.45) is 3.03. The van der Waals surface area contributed by atoms with Gasteiger partial charge in [-0.3, -0.25) is 9.80 Å². The molecule has 0 saturated carbocycles. The van der Waals surface area contributed by atoms with E-state index in [9.17, 15) is 43.2 Å². The van der Waals surface area contributed by atoms with E-state index in [0.717, 1.165) is 31.5 Å². The van der Waals surface area contributed by atoms with Gasteiger partial charge in [0.25, 0.3) is 0 Å². The lowest BCUT2D eigenvalue weighted by Crippen LogP contribution is -2.47. The highest BCUT2D eigenvalue weighted by atomic mass is 16.6. The van der Waals surface area contributed by atoms with Gasteiger partial charge in [0.2, 0.25) is 0 Å². The number of rotatable bonds is 19. The molecule has 0 radical (unpaired) electrons. The van der Waals surface area contributed by atoms with Crippen LogP contribution in [-0.2, 0) is 86.4 Å². The van der Waals surface area contributed by atoms with E-state index < -0.39 is 107 Å². The molecule has 0 spiro atoms. The van der Waals surface area contributed by atoms with Gasteiger partial charge >= 0.3 is 54.3 Å². The van der Waals surface area contributed by atoms with Crippen molar-refractivity contribution in [1.82, 2.24) is 20.0 Å². The maximum absolute atomic E-state index is 13.4. The number of allylic oxidation sites excluding steroid dienone is 1. The van der Waals surface area contributed by atoms with Gasteiger partial charge in [-0.05, 0) is 170 Å². The van der Waals surface area contributed by atoms with Gasteiger partial charge in [-0.2, -0.15) is 4.90 Å². The fourth-order valence-corrected chi connectivity index (χ4v) is 9.73. The molecular formula is C68H96N4O19. The fraction of sp³-hybridized carbons (Fsp3) is 0.574. The second kappa shape index (κ2) is 36.0. The van der Waals surface area contributed by atoms with Gasteiger partial charge in [0.1, 0.15) is 66.0 Å². The number of nitrogens with one attached hydrogen (secondary N) is 1. The van der Waals surface area contributed by atoms with Crippen LogP contribution in [0.1, 0.15) is 170 Å². The zero-order chi connectivity index (χ0) is 67.5. The SMILES string of the molecule is C1CCOC1.COC(=O)/C(=C\CC[C@@H]1CC[C@@H](C(=O)OC(C)(C)C)N1C(=O)OCc1ccccc1)N(C(=O)OCc1ccccc1)C(=O)OC(C)(C)C.COC(=O)C(CCC[C@@H]1CC[C@@H](C(=O)OC(C)(C)C)N1C(=O)OCc1ccccc1)NC(=O)OC(C)(C)C. The van der Waals surface area contributed by atoms with Crippen LogP contribution in [0.4, 0.5) is 24.0 Å². The molecule has 1 unspecified atom stereocenters. The first-order chi connectivity index (χ1) is 42.8. The van der Waals surface area contributed by atoms with Crippen LogP contribution in [0, 0.1) is 0 Å². The van der Waals surface area contributed by atoms with E-state index in [1.807, 2.05) is 60.7 Å². The minimum absolute atomic E-state index is 0.00622. The van der Waals surface area contributed by atoms with Crippen molar-refractivity contribution >= 4 is 54.3 Å². The highest BCUT2D eigenvalue weighted by molar-refractivity contribution is 6.01. The smallest absolute Gasteiger partial charge is 0.424 e. The molecule has 0 aliphatic carbocycles. The van der Waals surface area contributed by atoms with Crippen molar-refractivity contribution in [3.05, 3.63) is 119 Å². The van der Waals surface area contributed by atoms with Gasteiger partial charge in [-0.15, -0.1) is 0 Å². The Morgan fingerprint density at radius 1 is 0.538 bits per heavy atom. The van der Waals surface area contributed by atoms with Crippen molar-refractivity contribution in [2.75, 3.05) is 27.4 Å².